The summed E-state index contributed by atoms with van der Waals surface area (Å²) in [5.74, 6) is 0.789. The summed E-state index contributed by atoms with van der Waals surface area (Å²) in [6.45, 7) is 6.29. The Labute approximate surface area is 122 Å². The lowest BCUT2D eigenvalue weighted by atomic mass is 9.86. The van der Waals surface area contributed by atoms with Crippen molar-refractivity contribution in [3.63, 3.8) is 0 Å². The van der Waals surface area contributed by atoms with Crippen LogP contribution in [0.4, 0.5) is 0 Å². The van der Waals surface area contributed by atoms with Gasteiger partial charge in [0.15, 0.2) is 0 Å². The van der Waals surface area contributed by atoms with E-state index in [2.05, 4.69) is 29.1 Å². The molecule has 5 nitrogen and oxygen atoms in total. The zero-order valence-corrected chi connectivity index (χ0v) is 13.0. The van der Waals surface area contributed by atoms with E-state index in [1.807, 2.05) is 0 Å². The third-order valence-electron chi connectivity index (χ3n) is 4.88. The maximum absolute atomic E-state index is 12.3. The van der Waals surface area contributed by atoms with Crippen LogP contribution in [-0.2, 0) is 4.79 Å². The fraction of sp³-hybridized carbons (Fsp3) is 0.933. The second kappa shape index (κ2) is 7.38. The summed E-state index contributed by atoms with van der Waals surface area (Å²) in [6, 6.07) is 0.684. The van der Waals surface area contributed by atoms with Crippen LogP contribution in [0.2, 0.25) is 0 Å². The zero-order valence-electron chi connectivity index (χ0n) is 13.0. The van der Waals surface area contributed by atoms with Crippen LogP contribution < -0.4 is 11.1 Å². The largest absolute Gasteiger partial charge is 0.352 e. The molecule has 1 saturated carbocycles. The molecule has 20 heavy (non-hydrogen) atoms. The minimum Gasteiger partial charge on any atom is -0.352 e. The smallest absolute Gasteiger partial charge is 0.234 e. The van der Waals surface area contributed by atoms with Crippen molar-refractivity contribution in [2.75, 3.05) is 39.8 Å². The van der Waals surface area contributed by atoms with Crippen molar-refractivity contribution in [2.24, 2.45) is 11.7 Å². The van der Waals surface area contributed by atoms with Gasteiger partial charge < -0.3 is 16.0 Å². The molecule has 0 radical (unpaired) electrons. The average molecular weight is 282 g/mol. The zero-order chi connectivity index (χ0) is 14.5. The fourth-order valence-electron chi connectivity index (χ4n) is 3.45. The van der Waals surface area contributed by atoms with Crippen LogP contribution in [0.3, 0.4) is 0 Å². The quantitative estimate of drug-likeness (QED) is 0.776. The van der Waals surface area contributed by atoms with E-state index in [1.54, 1.807) is 0 Å². The standard InChI is InChI=1S/C15H30N4O/c1-12-5-3-4-6-14(12)17-15(20)11-19-8-7-18(2)10-13(19)9-16/h12-14H,3-11,16H2,1-2H3,(H,17,20). The van der Waals surface area contributed by atoms with Crippen LogP contribution in [-0.4, -0.2) is 67.6 Å². The number of amides is 1. The van der Waals surface area contributed by atoms with Crippen molar-refractivity contribution in [2.45, 2.75) is 44.7 Å². The molecule has 0 bridgehead atoms. The first-order valence-corrected chi connectivity index (χ1v) is 8.02. The molecule has 1 saturated heterocycles. The second-order valence-corrected chi connectivity index (χ2v) is 6.56. The summed E-state index contributed by atoms with van der Waals surface area (Å²) in [4.78, 5) is 16.8. The monoisotopic (exact) mass is 282 g/mol. The summed E-state index contributed by atoms with van der Waals surface area (Å²) in [6.07, 6.45) is 4.93. The lowest BCUT2D eigenvalue weighted by Gasteiger charge is -2.39. The Bertz CT molecular complexity index is 323. The van der Waals surface area contributed by atoms with Gasteiger partial charge in [0.25, 0.3) is 0 Å². The van der Waals surface area contributed by atoms with Crippen molar-refractivity contribution >= 4 is 5.91 Å². The van der Waals surface area contributed by atoms with E-state index < -0.39 is 0 Å². The van der Waals surface area contributed by atoms with Crippen molar-refractivity contribution in [3.05, 3.63) is 0 Å². The number of carbonyl (C=O) groups excluding carboxylic acids is 1. The van der Waals surface area contributed by atoms with Crippen LogP contribution in [0.15, 0.2) is 0 Å². The van der Waals surface area contributed by atoms with E-state index in [4.69, 9.17) is 5.73 Å². The Hall–Kier alpha value is -0.650. The van der Waals surface area contributed by atoms with Crippen LogP contribution >= 0.6 is 0 Å². The molecule has 1 heterocycles. The minimum atomic E-state index is 0.173. The minimum absolute atomic E-state index is 0.173. The van der Waals surface area contributed by atoms with Gasteiger partial charge in [-0.25, -0.2) is 0 Å². The number of nitrogens with one attached hydrogen (secondary N) is 1. The highest BCUT2D eigenvalue weighted by Crippen LogP contribution is 2.23. The summed E-state index contributed by atoms with van der Waals surface area (Å²) in [5.41, 5.74) is 5.84. The first kappa shape index (κ1) is 15.7. The van der Waals surface area contributed by atoms with E-state index in [0.717, 1.165) is 26.1 Å². The fourth-order valence-corrected chi connectivity index (χ4v) is 3.45. The normalized spacial score (nSPS) is 33.0. The summed E-state index contributed by atoms with van der Waals surface area (Å²) in [5, 5.41) is 3.24. The molecule has 3 atom stereocenters. The molecule has 0 aromatic carbocycles. The Morgan fingerprint density at radius 3 is 2.75 bits per heavy atom. The number of hydrogen-bond acceptors (Lipinski definition) is 4. The summed E-state index contributed by atoms with van der Waals surface area (Å²) < 4.78 is 0. The van der Waals surface area contributed by atoms with Gasteiger partial charge in [-0.2, -0.15) is 0 Å². The Morgan fingerprint density at radius 1 is 1.30 bits per heavy atom. The molecule has 0 aromatic heterocycles. The molecule has 2 aliphatic rings. The molecule has 0 spiro atoms. The topological polar surface area (TPSA) is 61.6 Å². The third-order valence-corrected chi connectivity index (χ3v) is 4.88. The molecular weight excluding hydrogens is 252 g/mol. The van der Waals surface area contributed by atoms with Crippen LogP contribution in [0.25, 0.3) is 0 Å². The molecule has 1 amide bonds. The van der Waals surface area contributed by atoms with Gasteiger partial charge in [-0.05, 0) is 25.8 Å². The molecule has 116 valence electrons. The highest BCUT2D eigenvalue weighted by atomic mass is 16.2. The summed E-state index contributed by atoms with van der Waals surface area (Å²) in [7, 11) is 2.11. The van der Waals surface area contributed by atoms with Crippen LogP contribution in [0.5, 0.6) is 0 Å². The Morgan fingerprint density at radius 2 is 2.05 bits per heavy atom. The summed E-state index contributed by atoms with van der Waals surface area (Å²) >= 11 is 0. The van der Waals surface area contributed by atoms with Gasteiger partial charge in [-0.1, -0.05) is 19.8 Å². The lowest BCUT2D eigenvalue weighted by Crippen LogP contribution is -2.57. The Kier molecular flexibility index (Phi) is 5.81. The van der Waals surface area contributed by atoms with Crippen molar-refractivity contribution in [1.29, 1.82) is 0 Å². The molecule has 2 rings (SSSR count). The van der Waals surface area contributed by atoms with E-state index in [-0.39, 0.29) is 5.91 Å². The highest BCUT2D eigenvalue weighted by molar-refractivity contribution is 5.78. The molecule has 3 N–H and O–H groups in total. The van der Waals surface area contributed by atoms with Gasteiger partial charge in [0.2, 0.25) is 5.91 Å². The van der Waals surface area contributed by atoms with Gasteiger partial charge in [0.05, 0.1) is 6.54 Å². The van der Waals surface area contributed by atoms with Crippen molar-refractivity contribution < 1.29 is 4.79 Å². The molecule has 3 unspecified atom stereocenters. The van der Waals surface area contributed by atoms with E-state index in [9.17, 15) is 4.79 Å². The van der Waals surface area contributed by atoms with Crippen molar-refractivity contribution in [1.82, 2.24) is 15.1 Å². The predicted octanol–water partition coefficient (Wildman–Crippen LogP) is 0.256. The van der Waals surface area contributed by atoms with Gasteiger partial charge in [-0.15, -0.1) is 0 Å². The number of carbonyl (C=O) groups is 1. The van der Waals surface area contributed by atoms with Gasteiger partial charge >= 0.3 is 0 Å². The van der Waals surface area contributed by atoms with Gasteiger partial charge in [-0.3, -0.25) is 9.69 Å². The highest BCUT2D eigenvalue weighted by Gasteiger charge is 2.27. The van der Waals surface area contributed by atoms with Crippen LogP contribution in [0, 0.1) is 5.92 Å². The molecule has 5 heteroatoms. The number of nitrogens with two attached hydrogens (primary N) is 1. The first-order chi connectivity index (χ1) is 9.60. The average Bonchev–Trinajstić information content (AvgIpc) is 2.43. The maximum atomic E-state index is 12.3. The van der Waals surface area contributed by atoms with Crippen molar-refractivity contribution in [3.8, 4) is 0 Å². The molecule has 2 fully saturated rings. The number of hydrogen-bond donors (Lipinski definition) is 2. The number of piperazine rings is 1. The van der Waals surface area contributed by atoms with E-state index >= 15 is 0 Å². The Balaban J connectivity index is 1.81. The van der Waals surface area contributed by atoms with E-state index in [0.29, 0.717) is 31.1 Å². The first-order valence-electron chi connectivity index (χ1n) is 8.02. The van der Waals surface area contributed by atoms with Gasteiger partial charge in [0, 0.05) is 38.3 Å². The van der Waals surface area contributed by atoms with Crippen LogP contribution in [0.1, 0.15) is 32.6 Å². The maximum Gasteiger partial charge on any atom is 0.234 e. The SMILES string of the molecule is CC1CCCCC1NC(=O)CN1CCN(C)CC1CN. The number of likely N-dealkylation sites (N-methyl/N-ethyl adjacent to an activating group) is 1. The molecule has 0 aromatic rings. The lowest BCUT2D eigenvalue weighted by molar-refractivity contribution is -0.124. The molecular formula is C15H30N4O. The number of rotatable bonds is 4. The van der Waals surface area contributed by atoms with E-state index in [1.165, 1.54) is 19.3 Å². The predicted molar refractivity (Wildman–Crippen MR) is 81.5 cm³/mol. The molecule has 1 aliphatic heterocycles. The third kappa shape index (κ3) is 4.17. The molecule has 1 aliphatic carbocycles. The number of nitrogens with zero attached hydrogens (tertiary/aromatic N) is 2. The second-order valence-electron chi connectivity index (χ2n) is 6.56. The van der Waals surface area contributed by atoms with Gasteiger partial charge in [0.1, 0.15) is 0 Å².